The molecule has 9 nitrogen and oxygen atoms in total. The van der Waals surface area contributed by atoms with Crippen molar-refractivity contribution < 1.29 is 19.0 Å². The molecule has 2 aliphatic heterocycles. The van der Waals surface area contributed by atoms with Crippen LogP contribution in [0, 0.1) is 20.8 Å². The Bertz CT molecular complexity index is 1290. The number of anilines is 1. The molecule has 1 amide bonds. The molecular weight excluding hydrogens is 520 g/mol. The molecule has 1 aliphatic carbocycles. The highest BCUT2D eigenvalue weighted by Crippen LogP contribution is 2.36. The average Bonchev–Trinajstić information content (AvgIpc) is 3.41. The zero-order chi connectivity index (χ0) is 29.3. The van der Waals surface area contributed by atoms with E-state index < -0.39 is 0 Å². The highest BCUT2D eigenvalue weighted by molar-refractivity contribution is 5.97. The van der Waals surface area contributed by atoms with Crippen LogP contribution in [0.4, 0.5) is 5.69 Å². The van der Waals surface area contributed by atoms with Crippen molar-refractivity contribution in [2.45, 2.75) is 97.7 Å². The third kappa shape index (κ3) is 6.63. The van der Waals surface area contributed by atoms with Gasteiger partial charge in [0, 0.05) is 80.2 Å². The van der Waals surface area contributed by atoms with Crippen LogP contribution in [0.2, 0.25) is 0 Å². The molecule has 3 atom stereocenters. The van der Waals surface area contributed by atoms with E-state index in [1.54, 1.807) is 0 Å². The molecule has 2 aromatic rings. The summed E-state index contributed by atoms with van der Waals surface area (Å²) in [7, 11) is 0. The summed E-state index contributed by atoms with van der Waals surface area (Å²) in [5.41, 5.74) is 4.55. The van der Waals surface area contributed by atoms with Gasteiger partial charge in [-0.1, -0.05) is 0 Å². The number of benzene rings is 1. The first kappa shape index (κ1) is 29.6. The number of nitrogens with zero attached hydrogens (tertiary/aromatic N) is 2. The summed E-state index contributed by atoms with van der Waals surface area (Å²) in [4.78, 5) is 33.9. The molecule has 0 bridgehead atoms. The summed E-state index contributed by atoms with van der Waals surface area (Å²) >= 11 is 0. The molecule has 1 aromatic carbocycles. The van der Waals surface area contributed by atoms with Crippen molar-refractivity contribution in [3.05, 3.63) is 56.5 Å². The lowest BCUT2D eigenvalue weighted by Gasteiger charge is -2.47. The Balaban J connectivity index is 1.35. The van der Waals surface area contributed by atoms with Gasteiger partial charge in [0.2, 0.25) is 0 Å². The molecule has 0 radical (unpaired) electrons. The van der Waals surface area contributed by atoms with Gasteiger partial charge in [-0.25, -0.2) is 0 Å². The fourth-order valence-corrected chi connectivity index (χ4v) is 6.67. The second kappa shape index (κ2) is 12.5. The number of amides is 1. The normalized spacial score (nSPS) is 26.4. The zero-order valence-corrected chi connectivity index (χ0v) is 25.4. The molecule has 3 aliphatic rings. The van der Waals surface area contributed by atoms with E-state index in [0.29, 0.717) is 29.5 Å². The third-order valence-electron chi connectivity index (χ3n) is 8.85. The number of aromatic amines is 1. The number of aromatic nitrogens is 1. The molecule has 1 aromatic heterocycles. The lowest BCUT2D eigenvalue weighted by Crippen LogP contribution is -2.56. The minimum Gasteiger partial charge on any atom is -0.490 e. The van der Waals surface area contributed by atoms with Crippen molar-refractivity contribution in [2.75, 3.05) is 37.7 Å². The number of likely N-dealkylation sites (N-methyl/N-ethyl adjacent to an activating group) is 1. The van der Waals surface area contributed by atoms with Crippen molar-refractivity contribution in [3.63, 3.8) is 0 Å². The number of hydrogen-bond donors (Lipinski definition) is 2. The number of carbonyl (C=O) groups is 1. The fraction of sp³-hybridized carbons (Fsp3) is 0.625. The summed E-state index contributed by atoms with van der Waals surface area (Å²) in [5, 5.41) is 3.00. The third-order valence-corrected chi connectivity index (χ3v) is 8.85. The van der Waals surface area contributed by atoms with Gasteiger partial charge >= 0.3 is 0 Å². The number of hydrogen-bond acceptors (Lipinski definition) is 7. The lowest BCUT2D eigenvalue weighted by atomic mass is 9.87. The first-order valence-electron chi connectivity index (χ1n) is 15.2. The number of aryl methyl sites for hydroxylation is 2. The van der Waals surface area contributed by atoms with Crippen LogP contribution in [-0.4, -0.2) is 79.0 Å². The number of pyridine rings is 1. The predicted molar refractivity (Wildman–Crippen MR) is 160 cm³/mol. The molecule has 9 heteroatoms. The smallest absolute Gasteiger partial charge is 0.253 e. The molecular formula is C32H46N4O5. The van der Waals surface area contributed by atoms with Crippen molar-refractivity contribution in [1.82, 2.24) is 15.2 Å². The van der Waals surface area contributed by atoms with E-state index in [-0.39, 0.29) is 42.4 Å². The van der Waals surface area contributed by atoms with Crippen LogP contribution < -0.4 is 20.5 Å². The van der Waals surface area contributed by atoms with Crippen molar-refractivity contribution in [3.8, 4) is 5.75 Å². The Hall–Kier alpha value is -2.88. The van der Waals surface area contributed by atoms with Crippen LogP contribution in [0.1, 0.15) is 72.8 Å². The van der Waals surface area contributed by atoms with E-state index in [9.17, 15) is 9.59 Å². The number of ether oxygens (including phenoxy) is 3. The monoisotopic (exact) mass is 566 g/mol. The van der Waals surface area contributed by atoms with E-state index in [1.165, 1.54) is 0 Å². The van der Waals surface area contributed by atoms with Crippen molar-refractivity contribution in [1.29, 1.82) is 0 Å². The van der Waals surface area contributed by atoms with Gasteiger partial charge in [0.1, 0.15) is 11.9 Å². The zero-order valence-electron chi connectivity index (χ0n) is 25.4. The van der Waals surface area contributed by atoms with Crippen LogP contribution in [0.15, 0.2) is 23.0 Å². The van der Waals surface area contributed by atoms with E-state index >= 15 is 0 Å². The van der Waals surface area contributed by atoms with E-state index in [0.717, 1.165) is 68.0 Å². The molecule has 1 unspecified atom stereocenters. The van der Waals surface area contributed by atoms with E-state index in [4.69, 9.17) is 14.2 Å². The SMILES string of the molecule is CCN(c1cc(OC2CC(N3C[C@@H](C)O[C@@H](C)C3)C2)cc(C(=O)NCc2c(C)cc(C)[nH]c2=O)c1C)C1CCOC1. The second-order valence-corrected chi connectivity index (χ2v) is 12.1. The summed E-state index contributed by atoms with van der Waals surface area (Å²) in [6, 6.07) is 6.64. The van der Waals surface area contributed by atoms with Gasteiger partial charge in [0.25, 0.3) is 11.5 Å². The summed E-state index contributed by atoms with van der Waals surface area (Å²) in [6.45, 7) is 16.5. The van der Waals surface area contributed by atoms with Crippen LogP contribution >= 0.6 is 0 Å². The van der Waals surface area contributed by atoms with Crippen molar-refractivity contribution in [2.24, 2.45) is 0 Å². The number of rotatable bonds is 9. The highest BCUT2D eigenvalue weighted by atomic mass is 16.5. The van der Waals surface area contributed by atoms with Gasteiger partial charge in [0.15, 0.2) is 0 Å². The Morgan fingerprint density at radius 3 is 2.51 bits per heavy atom. The Morgan fingerprint density at radius 1 is 1.15 bits per heavy atom. The molecule has 3 heterocycles. The van der Waals surface area contributed by atoms with Crippen molar-refractivity contribution >= 4 is 11.6 Å². The first-order valence-corrected chi connectivity index (χ1v) is 15.2. The van der Waals surface area contributed by atoms with Gasteiger partial charge in [-0.2, -0.15) is 0 Å². The Morgan fingerprint density at radius 2 is 1.88 bits per heavy atom. The van der Waals surface area contributed by atoms with E-state index in [1.807, 2.05) is 32.9 Å². The fourth-order valence-electron chi connectivity index (χ4n) is 6.67. The maximum Gasteiger partial charge on any atom is 0.253 e. The summed E-state index contributed by atoms with van der Waals surface area (Å²) in [6.07, 6.45) is 3.49. The Labute approximate surface area is 243 Å². The molecule has 1 saturated carbocycles. The van der Waals surface area contributed by atoms with Gasteiger partial charge in [-0.05, 0) is 71.2 Å². The standard InChI is InChI=1S/C32H46N4O5/c1-7-36(24-8-9-39-18-24)30-14-27(41-26-11-25(12-26)35-16-21(4)40-22(5)17-35)13-28(23(30)6)31(37)33-15-29-19(2)10-20(3)34-32(29)38/h10,13-14,21-22,24-26H,7-9,11-12,15-18H2,1-6H3,(H,33,37)(H,34,38)/t21-,22+,24?,25?,26?. The maximum atomic E-state index is 13.6. The lowest BCUT2D eigenvalue weighted by molar-refractivity contribution is -0.103. The number of H-pyrrole nitrogens is 1. The van der Waals surface area contributed by atoms with Crippen LogP contribution in [0.5, 0.6) is 5.75 Å². The number of morpholine rings is 1. The number of nitrogens with one attached hydrogen (secondary N) is 2. The quantitative estimate of drug-likeness (QED) is 0.476. The predicted octanol–water partition coefficient (Wildman–Crippen LogP) is 3.86. The molecule has 2 N–H and O–H groups in total. The molecule has 5 rings (SSSR count). The average molecular weight is 567 g/mol. The minimum atomic E-state index is -0.213. The molecule has 2 saturated heterocycles. The van der Waals surface area contributed by atoms with Crippen LogP contribution in [0.3, 0.4) is 0 Å². The highest BCUT2D eigenvalue weighted by Gasteiger charge is 2.38. The molecule has 0 spiro atoms. The minimum absolute atomic E-state index is 0.110. The van der Waals surface area contributed by atoms with Gasteiger partial charge < -0.3 is 29.4 Å². The van der Waals surface area contributed by atoms with E-state index in [2.05, 4.69) is 46.9 Å². The largest absolute Gasteiger partial charge is 0.490 e. The maximum absolute atomic E-state index is 13.6. The topological polar surface area (TPSA) is 96.1 Å². The summed E-state index contributed by atoms with van der Waals surface area (Å²) in [5.74, 6) is 0.500. The summed E-state index contributed by atoms with van der Waals surface area (Å²) < 4.78 is 18.2. The second-order valence-electron chi connectivity index (χ2n) is 12.1. The molecule has 224 valence electrons. The van der Waals surface area contributed by atoms with Gasteiger partial charge in [0.05, 0.1) is 24.9 Å². The molecule has 41 heavy (non-hydrogen) atoms. The van der Waals surface area contributed by atoms with Gasteiger partial charge in [-0.3, -0.25) is 14.5 Å². The van der Waals surface area contributed by atoms with Gasteiger partial charge in [-0.15, -0.1) is 0 Å². The van der Waals surface area contributed by atoms with Crippen LogP contribution in [-0.2, 0) is 16.0 Å². The molecule has 3 fully saturated rings. The number of carbonyl (C=O) groups excluding carboxylic acids is 1. The Kier molecular flexibility index (Phi) is 9.06. The first-order chi connectivity index (χ1) is 19.6. The van der Waals surface area contributed by atoms with Crippen LogP contribution in [0.25, 0.3) is 0 Å².